The van der Waals surface area contributed by atoms with E-state index < -0.39 is 67.3 Å². The van der Waals surface area contributed by atoms with Crippen LogP contribution < -0.4 is 0 Å². The van der Waals surface area contributed by atoms with Crippen molar-refractivity contribution in [3.8, 4) is 0 Å². The zero-order chi connectivity index (χ0) is 57.5. The van der Waals surface area contributed by atoms with Gasteiger partial charge in [0.25, 0.3) is 0 Å². The minimum Gasteiger partial charge on any atom is -0.479 e. The molecule has 1 heterocycles. The highest BCUT2D eigenvalue weighted by Crippen LogP contribution is 2.27. The fraction of sp³-hybridized carbons (Fsp3) is 0.791. The van der Waals surface area contributed by atoms with E-state index in [0.29, 0.717) is 19.3 Å². The first-order valence-electron chi connectivity index (χ1n) is 32.3. The summed E-state index contributed by atoms with van der Waals surface area (Å²) in [5, 5.41) is 31.6. The Morgan fingerprint density at radius 3 is 1.18 bits per heavy atom. The number of aliphatic carboxylic acids is 1. The first-order chi connectivity index (χ1) is 38.6. The molecule has 0 aromatic heterocycles. The smallest absolute Gasteiger partial charge is 0.335 e. The van der Waals surface area contributed by atoms with Gasteiger partial charge in [-0.2, -0.15) is 0 Å². The summed E-state index contributed by atoms with van der Waals surface area (Å²) in [6.07, 6.45) is 56.0. The van der Waals surface area contributed by atoms with Crippen LogP contribution in [-0.4, -0.2) is 89.2 Å². The average molecular weight is 1110 g/mol. The molecule has 3 N–H and O–H groups in total. The molecular weight excluding hydrogens is 997 g/mol. The first-order valence-corrected chi connectivity index (χ1v) is 32.3. The number of ether oxygens (including phenoxy) is 5. The fourth-order valence-corrected chi connectivity index (χ4v) is 9.54. The lowest BCUT2D eigenvalue weighted by molar-refractivity contribution is -0.301. The molecule has 1 saturated heterocycles. The SMILES string of the molecule is CCCCC/C=C\C/C=C\CCCCCCCC(=O)OCC(COC1OC(C(=O)O)C(O)C(O)C1OC(=O)CCCCCCCCCCC/C=C\CCCCCCCC)OC(=O)CCCCCCC/C=C\C/C=C\CCCCC. The summed E-state index contributed by atoms with van der Waals surface area (Å²) in [5.74, 6) is -3.14. The van der Waals surface area contributed by atoms with E-state index in [1.165, 1.54) is 109 Å². The molecule has 79 heavy (non-hydrogen) atoms. The standard InChI is InChI=1S/C67H116O12/c1-4-7-10-13-16-19-22-25-28-29-30-31-34-37-40-43-46-49-52-55-61(70)78-65-63(72)62(71)64(66(73)74)79-67(65)76-57-58(77-60(69)54-51-48-45-42-39-36-33-27-24-21-18-15-12-9-6-3)56-75-59(68)53-50-47-44-41-38-35-32-26-23-20-17-14-11-8-5-2/h17-18,20-21,25-28,32-33,58,62-65,67,71-72H,4-16,19,22-24,29-31,34-57H2,1-3H3,(H,73,74)/b20-17-,21-18-,28-25-,32-26-,33-27-. The molecule has 0 aromatic rings. The van der Waals surface area contributed by atoms with Crippen LogP contribution >= 0.6 is 0 Å². The van der Waals surface area contributed by atoms with Crippen molar-refractivity contribution in [1.29, 1.82) is 0 Å². The normalized spacial score (nSPS) is 18.2. The van der Waals surface area contributed by atoms with Crippen LogP contribution in [0.2, 0.25) is 0 Å². The van der Waals surface area contributed by atoms with Crippen LogP contribution in [-0.2, 0) is 42.9 Å². The molecule has 12 heteroatoms. The summed E-state index contributed by atoms with van der Waals surface area (Å²) >= 11 is 0. The van der Waals surface area contributed by atoms with E-state index in [0.717, 1.165) is 122 Å². The first kappa shape index (κ1) is 73.4. The van der Waals surface area contributed by atoms with Gasteiger partial charge in [0.2, 0.25) is 0 Å². The van der Waals surface area contributed by atoms with Crippen LogP contribution in [0, 0.1) is 0 Å². The lowest BCUT2D eigenvalue weighted by atomic mass is 9.98. The predicted molar refractivity (Wildman–Crippen MR) is 322 cm³/mol. The highest BCUT2D eigenvalue weighted by Gasteiger charge is 2.50. The average Bonchev–Trinajstić information content (AvgIpc) is 3.46. The number of allylic oxidation sites excluding steroid dienone is 10. The van der Waals surface area contributed by atoms with Crippen LogP contribution in [0.3, 0.4) is 0 Å². The van der Waals surface area contributed by atoms with E-state index >= 15 is 0 Å². The van der Waals surface area contributed by atoms with Gasteiger partial charge in [-0.3, -0.25) is 14.4 Å². The van der Waals surface area contributed by atoms with Gasteiger partial charge >= 0.3 is 23.9 Å². The van der Waals surface area contributed by atoms with Gasteiger partial charge in [-0.15, -0.1) is 0 Å². The van der Waals surface area contributed by atoms with Crippen LogP contribution in [0.1, 0.15) is 290 Å². The van der Waals surface area contributed by atoms with Crippen molar-refractivity contribution in [3.05, 3.63) is 60.8 Å². The van der Waals surface area contributed by atoms with Gasteiger partial charge in [0.1, 0.15) is 18.8 Å². The zero-order valence-corrected chi connectivity index (χ0v) is 50.4. The number of carboxylic acids is 1. The minimum absolute atomic E-state index is 0.0554. The summed E-state index contributed by atoms with van der Waals surface area (Å²) < 4.78 is 28.5. The maximum Gasteiger partial charge on any atom is 0.335 e. The second kappa shape index (κ2) is 55.0. The lowest BCUT2D eigenvalue weighted by Gasteiger charge is -2.40. The topological polar surface area (TPSA) is 175 Å². The van der Waals surface area contributed by atoms with Crippen molar-refractivity contribution in [2.24, 2.45) is 0 Å². The Balaban J connectivity index is 2.66. The van der Waals surface area contributed by atoms with E-state index in [9.17, 15) is 34.5 Å². The molecule has 0 saturated carbocycles. The third kappa shape index (κ3) is 44.7. The fourth-order valence-electron chi connectivity index (χ4n) is 9.54. The lowest BCUT2D eigenvalue weighted by Crippen LogP contribution is -2.61. The van der Waals surface area contributed by atoms with Crippen molar-refractivity contribution in [2.75, 3.05) is 13.2 Å². The van der Waals surface area contributed by atoms with E-state index in [2.05, 4.69) is 81.5 Å². The molecule has 0 aromatic carbocycles. The summed E-state index contributed by atoms with van der Waals surface area (Å²) in [5.41, 5.74) is 0. The number of carbonyl (C=O) groups excluding carboxylic acids is 3. The van der Waals surface area contributed by atoms with Gasteiger partial charge < -0.3 is 39.0 Å². The predicted octanol–water partition coefficient (Wildman–Crippen LogP) is 17.1. The number of rotatable bonds is 55. The minimum atomic E-state index is -1.91. The van der Waals surface area contributed by atoms with E-state index in [4.69, 9.17) is 23.7 Å². The van der Waals surface area contributed by atoms with Gasteiger partial charge in [0.05, 0.1) is 6.61 Å². The molecule has 1 aliphatic rings. The van der Waals surface area contributed by atoms with Gasteiger partial charge in [-0.05, 0) is 109 Å². The molecule has 1 fully saturated rings. The Kier molecular flexibility index (Phi) is 51.1. The van der Waals surface area contributed by atoms with Crippen molar-refractivity contribution < 1.29 is 58.2 Å². The largest absolute Gasteiger partial charge is 0.479 e. The molecule has 1 aliphatic heterocycles. The Hall–Kier alpha value is -3.58. The molecule has 6 unspecified atom stereocenters. The quantitative estimate of drug-likeness (QED) is 0.0228. The summed E-state index contributed by atoms with van der Waals surface area (Å²) in [6.45, 7) is 5.94. The van der Waals surface area contributed by atoms with E-state index in [-0.39, 0.29) is 25.9 Å². The molecule has 0 radical (unpaired) electrons. The van der Waals surface area contributed by atoms with E-state index in [1.807, 2.05) is 0 Å². The number of unbranched alkanes of at least 4 members (excludes halogenated alkanes) is 31. The van der Waals surface area contributed by atoms with Gasteiger partial charge in [-0.25, -0.2) is 4.79 Å². The maximum absolute atomic E-state index is 13.2. The Bertz CT molecular complexity index is 1600. The maximum atomic E-state index is 13.2. The summed E-state index contributed by atoms with van der Waals surface area (Å²) in [6, 6.07) is 0. The Morgan fingerprint density at radius 1 is 0.418 bits per heavy atom. The second-order valence-electron chi connectivity index (χ2n) is 22.0. The van der Waals surface area contributed by atoms with Crippen LogP contribution in [0.15, 0.2) is 60.8 Å². The third-order valence-electron chi connectivity index (χ3n) is 14.5. The molecule has 0 spiro atoms. The monoisotopic (exact) mass is 1110 g/mol. The van der Waals surface area contributed by atoms with Crippen LogP contribution in [0.25, 0.3) is 0 Å². The van der Waals surface area contributed by atoms with Crippen molar-refractivity contribution in [3.63, 3.8) is 0 Å². The van der Waals surface area contributed by atoms with Crippen LogP contribution in [0.5, 0.6) is 0 Å². The molecular formula is C67H116O12. The van der Waals surface area contributed by atoms with Crippen LogP contribution in [0.4, 0.5) is 0 Å². The van der Waals surface area contributed by atoms with E-state index in [1.54, 1.807) is 0 Å². The number of hydrogen-bond donors (Lipinski definition) is 3. The van der Waals surface area contributed by atoms with Crippen molar-refractivity contribution in [1.82, 2.24) is 0 Å². The third-order valence-corrected chi connectivity index (χ3v) is 14.5. The zero-order valence-electron chi connectivity index (χ0n) is 50.4. The molecule has 6 atom stereocenters. The molecule has 456 valence electrons. The number of carboxylic acid groups (broad SMARTS) is 1. The molecule has 0 amide bonds. The Labute approximate surface area is 481 Å². The van der Waals surface area contributed by atoms with Crippen molar-refractivity contribution >= 4 is 23.9 Å². The highest BCUT2D eigenvalue weighted by molar-refractivity contribution is 5.74. The number of aliphatic hydroxyl groups excluding tert-OH is 2. The van der Waals surface area contributed by atoms with Gasteiger partial charge in [0.15, 0.2) is 24.6 Å². The number of aliphatic hydroxyl groups is 2. The van der Waals surface area contributed by atoms with Gasteiger partial charge in [0, 0.05) is 19.3 Å². The molecule has 0 bridgehead atoms. The number of hydrogen-bond acceptors (Lipinski definition) is 11. The Morgan fingerprint density at radius 2 is 0.759 bits per heavy atom. The van der Waals surface area contributed by atoms with Gasteiger partial charge in [-0.1, -0.05) is 223 Å². The van der Waals surface area contributed by atoms with Crippen molar-refractivity contribution in [2.45, 2.75) is 327 Å². The molecule has 0 aliphatic carbocycles. The summed E-state index contributed by atoms with van der Waals surface area (Å²) in [7, 11) is 0. The number of carbonyl (C=O) groups is 4. The number of esters is 3. The molecule has 12 nitrogen and oxygen atoms in total. The summed E-state index contributed by atoms with van der Waals surface area (Å²) in [4.78, 5) is 51.3. The molecule has 1 rings (SSSR count). The highest BCUT2D eigenvalue weighted by atomic mass is 16.7. The second-order valence-corrected chi connectivity index (χ2v) is 22.0.